The van der Waals surface area contributed by atoms with Crippen molar-refractivity contribution < 1.29 is 4.42 Å². The molecule has 0 radical (unpaired) electrons. The maximum absolute atomic E-state index is 6.48. The third-order valence-electron chi connectivity index (χ3n) is 12.6. The van der Waals surface area contributed by atoms with E-state index in [1.807, 2.05) is 6.07 Å². The van der Waals surface area contributed by atoms with Gasteiger partial charge < -0.3 is 13.9 Å². The van der Waals surface area contributed by atoms with Gasteiger partial charge in [-0.05, 0) is 110 Å². The van der Waals surface area contributed by atoms with Crippen molar-refractivity contribution in [3.63, 3.8) is 0 Å². The molecule has 2 aliphatic heterocycles. The molecule has 0 saturated carbocycles. The van der Waals surface area contributed by atoms with Crippen LogP contribution in [0.15, 0.2) is 199 Å². The van der Waals surface area contributed by atoms with Crippen molar-refractivity contribution in [1.82, 2.24) is 4.57 Å². The minimum absolute atomic E-state index is 0.100. The fraction of sp³-hybridized carbons (Fsp3) is 0.0545. The minimum Gasteiger partial charge on any atom is -0.453 e. The normalized spacial score (nSPS) is 13.1. The number of para-hydroxylation sites is 2. The summed E-state index contributed by atoms with van der Waals surface area (Å²) < 4.78 is 8.87. The first kappa shape index (κ1) is 32.8. The highest BCUT2D eigenvalue weighted by Gasteiger charge is 2.37. The Morgan fingerprint density at radius 3 is 1.93 bits per heavy atom. The zero-order valence-corrected chi connectivity index (χ0v) is 32.3. The van der Waals surface area contributed by atoms with E-state index < -0.39 is 0 Å². The van der Waals surface area contributed by atoms with Gasteiger partial charge in [0, 0.05) is 33.1 Å². The summed E-state index contributed by atoms with van der Waals surface area (Å²) in [5, 5.41) is 4.88. The van der Waals surface area contributed by atoms with Gasteiger partial charge in [-0.25, -0.2) is 0 Å². The lowest BCUT2D eigenvalue weighted by Gasteiger charge is -2.29. The number of pyridine rings is 1. The van der Waals surface area contributed by atoms with E-state index >= 15 is 0 Å². The summed E-state index contributed by atoms with van der Waals surface area (Å²) in [6.45, 7) is 4.70. The Bertz CT molecular complexity index is 3350. The average molecular weight is 743 g/mol. The molecule has 0 amide bonds. The number of rotatable bonds is 5. The van der Waals surface area contributed by atoms with Crippen molar-refractivity contribution in [3.05, 3.63) is 205 Å². The zero-order valence-electron chi connectivity index (χ0n) is 32.3. The molecule has 3 nitrogen and oxygen atoms in total. The van der Waals surface area contributed by atoms with Gasteiger partial charge >= 0.3 is 0 Å². The first-order valence-corrected chi connectivity index (χ1v) is 20.1. The van der Waals surface area contributed by atoms with Gasteiger partial charge in [0.25, 0.3) is 0 Å². The highest BCUT2D eigenvalue weighted by atomic mass is 16.3. The molecule has 9 aromatic carbocycles. The second-order valence-electron chi connectivity index (χ2n) is 16.1. The van der Waals surface area contributed by atoms with Crippen LogP contribution in [0.3, 0.4) is 0 Å². The summed E-state index contributed by atoms with van der Waals surface area (Å²) in [6.07, 6.45) is 0. The highest BCUT2D eigenvalue weighted by Crippen LogP contribution is 2.54. The van der Waals surface area contributed by atoms with Gasteiger partial charge in [0.1, 0.15) is 0 Å². The Morgan fingerprint density at radius 1 is 0.466 bits per heavy atom. The predicted octanol–water partition coefficient (Wildman–Crippen LogP) is 15.2. The van der Waals surface area contributed by atoms with E-state index in [0.29, 0.717) is 0 Å². The van der Waals surface area contributed by atoms with Gasteiger partial charge in [-0.3, -0.25) is 0 Å². The van der Waals surface area contributed by atoms with Crippen LogP contribution in [0.1, 0.15) is 25.0 Å². The number of aromatic nitrogens is 1. The fourth-order valence-corrected chi connectivity index (χ4v) is 9.80. The molecule has 3 heteroatoms. The molecule has 1 aliphatic carbocycles. The Balaban J connectivity index is 1.03. The number of nitrogens with zero attached hydrogens (tertiary/aromatic N) is 2. The van der Waals surface area contributed by atoms with Crippen LogP contribution in [0.5, 0.6) is 0 Å². The molecule has 58 heavy (non-hydrogen) atoms. The number of hydrogen-bond acceptors (Lipinski definition) is 2. The van der Waals surface area contributed by atoms with Gasteiger partial charge in [-0.15, -0.1) is 0 Å². The smallest absolute Gasteiger partial charge is 0.152 e. The zero-order chi connectivity index (χ0) is 38.5. The molecule has 3 aliphatic rings. The first-order chi connectivity index (χ1) is 28.5. The number of hydrogen-bond donors (Lipinski definition) is 0. The average Bonchev–Trinajstić information content (AvgIpc) is 3.52. The summed E-state index contributed by atoms with van der Waals surface area (Å²) in [4.78, 5) is 2.44. The molecule has 2 heterocycles. The summed E-state index contributed by atoms with van der Waals surface area (Å²) in [5.74, 6) is 0. The van der Waals surface area contributed by atoms with Crippen molar-refractivity contribution in [2.45, 2.75) is 19.3 Å². The number of fused-ring (bicyclic) bond motifs is 8. The molecule has 0 spiro atoms. The van der Waals surface area contributed by atoms with E-state index in [1.165, 1.54) is 71.7 Å². The summed E-state index contributed by atoms with van der Waals surface area (Å²) in [7, 11) is 0. The fourth-order valence-electron chi connectivity index (χ4n) is 9.80. The number of benzene rings is 9. The monoisotopic (exact) mass is 742 g/mol. The Labute approximate surface area is 337 Å². The van der Waals surface area contributed by atoms with Crippen LogP contribution >= 0.6 is 0 Å². The van der Waals surface area contributed by atoms with Gasteiger partial charge in [0.2, 0.25) is 0 Å². The molecular formula is C55H38N2O. The van der Waals surface area contributed by atoms with Crippen molar-refractivity contribution in [2.75, 3.05) is 4.90 Å². The minimum atomic E-state index is -0.100. The Kier molecular flexibility index (Phi) is 6.98. The SMILES string of the molecule is CC1(C)c2ccccc2-c2c(N(c3ccc(-c4ccccc4)cc3)c3ccc(-c4ccc5c(c4)c4cccc6ccc7oc8ccccc8n5-c7c64)cc3)cccc21. The quantitative estimate of drug-likeness (QED) is 0.129. The maximum atomic E-state index is 6.48. The van der Waals surface area contributed by atoms with Gasteiger partial charge in [0.15, 0.2) is 11.2 Å². The van der Waals surface area contributed by atoms with Gasteiger partial charge in [0.05, 0.1) is 22.4 Å². The van der Waals surface area contributed by atoms with Crippen molar-refractivity contribution >= 4 is 60.8 Å². The summed E-state index contributed by atoms with van der Waals surface area (Å²) >= 11 is 0. The first-order valence-electron chi connectivity index (χ1n) is 20.1. The maximum Gasteiger partial charge on any atom is 0.152 e. The van der Waals surface area contributed by atoms with E-state index in [0.717, 1.165) is 39.3 Å². The molecule has 0 bridgehead atoms. The lowest BCUT2D eigenvalue weighted by Crippen LogP contribution is -2.16. The molecule has 9 aromatic rings. The molecule has 0 atom stereocenters. The van der Waals surface area contributed by atoms with Crippen LogP contribution in [0.25, 0.3) is 82.8 Å². The standard InChI is InChI=1S/C55H38N2O/c1-55(2)45-17-7-6-15-43(45)53-46(55)18-11-20-49(53)56(40-28-22-36(23-29-40)35-12-4-3-5-13-35)41-30-24-37(25-31-41)39-26-32-47-44(34-39)42-16-10-14-38-27-33-51-54(52(38)42)57(47)48-19-8-9-21-50(48)58-51/h3-34H,1-2H3. The van der Waals surface area contributed by atoms with E-state index in [1.54, 1.807) is 0 Å². The topological polar surface area (TPSA) is 21.3 Å². The van der Waals surface area contributed by atoms with Crippen LogP contribution in [0.2, 0.25) is 0 Å². The largest absolute Gasteiger partial charge is 0.453 e. The molecule has 0 fully saturated rings. The predicted molar refractivity (Wildman–Crippen MR) is 242 cm³/mol. The van der Waals surface area contributed by atoms with E-state index in [2.05, 4.69) is 211 Å². The molecule has 12 rings (SSSR count). The molecule has 0 aromatic heterocycles. The van der Waals surface area contributed by atoms with Crippen LogP contribution in [-0.4, -0.2) is 4.57 Å². The van der Waals surface area contributed by atoms with Crippen LogP contribution < -0.4 is 4.90 Å². The van der Waals surface area contributed by atoms with Gasteiger partial charge in [-0.2, -0.15) is 0 Å². The third kappa shape index (κ3) is 4.74. The van der Waals surface area contributed by atoms with Crippen LogP contribution in [0.4, 0.5) is 17.1 Å². The molecule has 274 valence electrons. The highest BCUT2D eigenvalue weighted by molar-refractivity contribution is 6.20. The second-order valence-corrected chi connectivity index (χ2v) is 16.1. The summed E-state index contributed by atoms with van der Waals surface area (Å²) in [5.41, 5.74) is 18.5. The molecular weight excluding hydrogens is 705 g/mol. The Morgan fingerprint density at radius 2 is 1.12 bits per heavy atom. The second kappa shape index (κ2) is 12.3. The lowest BCUT2D eigenvalue weighted by atomic mass is 9.82. The van der Waals surface area contributed by atoms with Crippen LogP contribution in [-0.2, 0) is 5.41 Å². The third-order valence-corrected chi connectivity index (χ3v) is 12.6. The van der Waals surface area contributed by atoms with Crippen molar-refractivity contribution in [1.29, 1.82) is 0 Å². The molecule has 0 N–H and O–H groups in total. The Hall–Kier alpha value is -7.36. The number of anilines is 3. The van der Waals surface area contributed by atoms with Gasteiger partial charge in [-0.1, -0.05) is 147 Å². The van der Waals surface area contributed by atoms with E-state index in [4.69, 9.17) is 4.42 Å². The summed E-state index contributed by atoms with van der Waals surface area (Å²) in [6, 6.07) is 70.7. The van der Waals surface area contributed by atoms with Crippen molar-refractivity contribution in [3.8, 4) is 39.1 Å². The van der Waals surface area contributed by atoms with Crippen molar-refractivity contribution in [2.24, 2.45) is 0 Å². The van der Waals surface area contributed by atoms with E-state index in [9.17, 15) is 0 Å². The molecule has 0 unspecified atom stereocenters. The molecule has 0 saturated heterocycles. The van der Waals surface area contributed by atoms with E-state index in [-0.39, 0.29) is 5.41 Å². The van der Waals surface area contributed by atoms with Crippen LogP contribution in [0, 0.1) is 0 Å². The lowest BCUT2D eigenvalue weighted by molar-refractivity contribution is 0.648.